The maximum atomic E-state index is 12.7. The maximum Gasteiger partial charge on any atom is 0.257 e. The molecule has 1 atom stereocenters. The minimum Gasteiger partial charge on any atom is -0.307 e. The summed E-state index contributed by atoms with van der Waals surface area (Å²) in [6.07, 6.45) is 9.11. The highest BCUT2D eigenvalue weighted by Crippen LogP contribution is 2.51. The predicted octanol–water partition coefficient (Wildman–Crippen LogP) is 2.52. The van der Waals surface area contributed by atoms with Gasteiger partial charge in [0.25, 0.3) is 5.91 Å². The fraction of sp³-hybridized carbons (Fsp3) is 0.0667. The molecule has 0 saturated carbocycles. The van der Waals surface area contributed by atoms with Gasteiger partial charge in [-0.15, -0.1) is 0 Å². The van der Waals surface area contributed by atoms with E-state index in [1.54, 1.807) is 0 Å². The van der Waals surface area contributed by atoms with Crippen molar-refractivity contribution in [3.8, 4) is 0 Å². The number of amides is 1. The number of fused-ring (bicyclic) bond motifs is 3. The fourth-order valence-corrected chi connectivity index (χ4v) is 2.49. The lowest BCUT2D eigenvalue weighted by Gasteiger charge is -2.07. The molecule has 1 amide bonds. The predicted molar refractivity (Wildman–Crippen MR) is 68.6 cm³/mol. The highest BCUT2D eigenvalue weighted by molar-refractivity contribution is 6.09. The number of aromatic nitrogens is 1. The molecule has 1 aromatic rings. The van der Waals surface area contributed by atoms with Crippen LogP contribution in [0.4, 0.5) is 10.2 Å². The molecular weight excluding hydrogens is 243 g/mol. The Morgan fingerprint density at radius 2 is 2.21 bits per heavy atom. The molecule has 0 bridgehead atoms. The number of allylic oxidation sites excluding steroid dienone is 6. The summed E-state index contributed by atoms with van der Waals surface area (Å²) >= 11 is 0. The third-order valence-electron chi connectivity index (χ3n) is 3.50. The van der Waals surface area contributed by atoms with Crippen molar-refractivity contribution >= 4 is 11.7 Å². The molecule has 0 aromatic carbocycles. The Bertz CT molecular complexity index is 723. The zero-order valence-corrected chi connectivity index (χ0v) is 9.85. The topological polar surface area (TPSA) is 42.0 Å². The van der Waals surface area contributed by atoms with Crippen LogP contribution < -0.4 is 5.32 Å². The van der Waals surface area contributed by atoms with Crippen molar-refractivity contribution < 1.29 is 9.18 Å². The van der Waals surface area contributed by atoms with Crippen LogP contribution in [0.5, 0.6) is 0 Å². The second kappa shape index (κ2) is 3.51. The van der Waals surface area contributed by atoms with Gasteiger partial charge < -0.3 is 5.32 Å². The molecule has 4 rings (SSSR count). The molecule has 4 heteroatoms. The van der Waals surface area contributed by atoms with E-state index in [2.05, 4.69) is 16.4 Å². The summed E-state index contributed by atoms with van der Waals surface area (Å²) in [4.78, 5) is 16.0. The zero-order valence-electron chi connectivity index (χ0n) is 9.85. The quantitative estimate of drug-likeness (QED) is 0.878. The third kappa shape index (κ3) is 1.57. The SMILES string of the molecule is O=C(Nc1ccc(F)cn1)C1=CC=C2C1=CC1=CC12. The van der Waals surface area contributed by atoms with E-state index in [9.17, 15) is 9.18 Å². The van der Waals surface area contributed by atoms with Gasteiger partial charge in [0.15, 0.2) is 0 Å². The van der Waals surface area contributed by atoms with Gasteiger partial charge in [0.2, 0.25) is 0 Å². The van der Waals surface area contributed by atoms with Crippen molar-refractivity contribution in [1.82, 2.24) is 4.98 Å². The Morgan fingerprint density at radius 3 is 3.00 bits per heavy atom. The molecule has 1 unspecified atom stereocenters. The average molecular weight is 252 g/mol. The van der Waals surface area contributed by atoms with E-state index in [4.69, 9.17) is 0 Å². The first kappa shape index (κ1) is 10.4. The van der Waals surface area contributed by atoms with Gasteiger partial charge in [0.05, 0.1) is 6.20 Å². The number of halogens is 1. The van der Waals surface area contributed by atoms with Crippen LogP contribution in [-0.2, 0) is 4.79 Å². The van der Waals surface area contributed by atoms with Crippen LogP contribution in [0.15, 0.2) is 64.9 Å². The first-order valence-corrected chi connectivity index (χ1v) is 6.01. The Balaban J connectivity index is 1.55. The van der Waals surface area contributed by atoms with Gasteiger partial charge in [0, 0.05) is 11.5 Å². The van der Waals surface area contributed by atoms with Gasteiger partial charge in [-0.2, -0.15) is 0 Å². The lowest BCUT2D eigenvalue weighted by Crippen LogP contribution is -2.15. The second-order valence-electron chi connectivity index (χ2n) is 4.72. The molecule has 3 nitrogen and oxygen atoms in total. The monoisotopic (exact) mass is 252 g/mol. The summed E-state index contributed by atoms with van der Waals surface area (Å²) < 4.78 is 12.7. The van der Waals surface area contributed by atoms with Crippen molar-refractivity contribution in [2.45, 2.75) is 0 Å². The molecule has 1 aromatic heterocycles. The minimum atomic E-state index is -0.424. The van der Waals surface area contributed by atoms with Crippen molar-refractivity contribution in [2.75, 3.05) is 5.32 Å². The lowest BCUT2D eigenvalue weighted by atomic mass is 10.0. The summed E-state index contributed by atoms with van der Waals surface area (Å²) in [5.41, 5.74) is 4.14. The number of nitrogens with zero attached hydrogens (tertiary/aromatic N) is 1. The summed E-state index contributed by atoms with van der Waals surface area (Å²) in [7, 11) is 0. The molecule has 1 heterocycles. The fourth-order valence-electron chi connectivity index (χ4n) is 2.49. The lowest BCUT2D eigenvalue weighted by molar-refractivity contribution is -0.112. The smallest absolute Gasteiger partial charge is 0.257 e. The van der Waals surface area contributed by atoms with Crippen molar-refractivity contribution in [3.63, 3.8) is 0 Å². The maximum absolute atomic E-state index is 12.7. The van der Waals surface area contributed by atoms with Crippen LogP contribution in [0.1, 0.15) is 0 Å². The number of rotatable bonds is 2. The van der Waals surface area contributed by atoms with E-state index in [1.165, 1.54) is 23.3 Å². The molecule has 0 aliphatic heterocycles. The van der Waals surface area contributed by atoms with Crippen molar-refractivity contribution in [3.05, 3.63) is 70.7 Å². The van der Waals surface area contributed by atoms with E-state index < -0.39 is 5.82 Å². The van der Waals surface area contributed by atoms with Crippen LogP contribution in [0, 0.1) is 11.7 Å². The molecule has 3 aliphatic carbocycles. The van der Waals surface area contributed by atoms with Gasteiger partial charge >= 0.3 is 0 Å². The Labute approximate surface area is 108 Å². The number of pyridine rings is 1. The number of nitrogens with one attached hydrogen (secondary N) is 1. The van der Waals surface area contributed by atoms with E-state index in [0.29, 0.717) is 17.3 Å². The number of hydrogen-bond donors (Lipinski definition) is 1. The standard InChI is InChI=1S/C15H9FN2O/c16-9-1-4-14(17-7-9)18-15(19)11-3-2-10-12-5-8(12)6-13(10)11/h1-7,12H,(H,17,18,19). The van der Waals surface area contributed by atoms with Gasteiger partial charge in [-0.05, 0) is 41.0 Å². The molecule has 0 saturated heterocycles. The summed E-state index contributed by atoms with van der Waals surface area (Å²) in [6.45, 7) is 0. The van der Waals surface area contributed by atoms with E-state index in [1.807, 2.05) is 18.2 Å². The highest BCUT2D eigenvalue weighted by atomic mass is 19.1. The number of carbonyl (C=O) groups is 1. The molecule has 0 radical (unpaired) electrons. The first-order chi connectivity index (χ1) is 9.22. The normalized spacial score (nSPS) is 21.8. The first-order valence-electron chi connectivity index (χ1n) is 6.01. The van der Waals surface area contributed by atoms with E-state index in [0.717, 1.165) is 11.8 Å². The van der Waals surface area contributed by atoms with Gasteiger partial charge in [0.1, 0.15) is 11.6 Å². The molecular formula is C15H9FN2O. The van der Waals surface area contributed by atoms with Crippen LogP contribution in [-0.4, -0.2) is 10.9 Å². The molecule has 3 aliphatic rings. The Hall–Kier alpha value is -2.49. The Kier molecular flexibility index (Phi) is 1.93. The molecule has 0 fully saturated rings. The molecule has 1 N–H and O–H groups in total. The summed E-state index contributed by atoms with van der Waals surface area (Å²) in [6, 6.07) is 2.71. The van der Waals surface area contributed by atoms with Gasteiger partial charge in [-0.3, -0.25) is 4.79 Å². The highest BCUT2D eigenvalue weighted by Gasteiger charge is 2.39. The van der Waals surface area contributed by atoms with E-state index >= 15 is 0 Å². The van der Waals surface area contributed by atoms with E-state index in [-0.39, 0.29) is 5.91 Å². The van der Waals surface area contributed by atoms with Gasteiger partial charge in [-0.1, -0.05) is 12.2 Å². The van der Waals surface area contributed by atoms with Crippen LogP contribution in [0.25, 0.3) is 0 Å². The van der Waals surface area contributed by atoms with Crippen molar-refractivity contribution in [1.29, 1.82) is 0 Å². The molecule has 0 spiro atoms. The van der Waals surface area contributed by atoms with Gasteiger partial charge in [-0.25, -0.2) is 9.37 Å². The van der Waals surface area contributed by atoms with Crippen molar-refractivity contribution in [2.24, 2.45) is 5.92 Å². The number of anilines is 1. The number of carbonyl (C=O) groups excluding carboxylic acids is 1. The minimum absolute atomic E-state index is 0.210. The third-order valence-corrected chi connectivity index (χ3v) is 3.50. The van der Waals surface area contributed by atoms with Crippen LogP contribution in [0.2, 0.25) is 0 Å². The second-order valence-corrected chi connectivity index (χ2v) is 4.72. The summed E-state index contributed by atoms with van der Waals surface area (Å²) in [5, 5.41) is 2.67. The van der Waals surface area contributed by atoms with Crippen LogP contribution in [0.3, 0.4) is 0 Å². The molecule has 92 valence electrons. The average Bonchev–Trinajstić information content (AvgIpc) is 2.89. The van der Waals surface area contributed by atoms with Crippen LogP contribution >= 0.6 is 0 Å². The largest absolute Gasteiger partial charge is 0.307 e. The number of hydrogen-bond acceptors (Lipinski definition) is 2. The molecule has 19 heavy (non-hydrogen) atoms. The summed E-state index contributed by atoms with van der Waals surface area (Å²) in [5.74, 6) is 0.148. The zero-order chi connectivity index (χ0) is 13.0. The Morgan fingerprint density at radius 1 is 1.32 bits per heavy atom.